The number of fused-ring (bicyclic) bond motifs is 1. The molecule has 6 nitrogen and oxygen atoms in total. The van der Waals surface area contributed by atoms with Gasteiger partial charge in [-0.15, -0.1) is 4.40 Å². The molecule has 2 aromatic carbocycles. The van der Waals surface area contributed by atoms with Crippen LogP contribution in [0.25, 0.3) is 4.91 Å². The zero-order chi connectivity index (χ0) is 23.9. The summed E-state index contributed by atoms with van der Waals surface area (Å²) in [6.45, 7) is 2.99. The molecule has 2 heterocycles. The van der Waals surface area contributed by atoms with E-state index in [9.17, 15) is 13.2 Å². The lowest BCUT2D eigenvalue weighted by atomic mass is 9.87. The minimum Gasteiger partial charge on any atom is -0.356 e. The number of nitrogens with zero attached hydrogens (tertiary/aromatic N) is 2. The van der Waals surface area contributed by atoms with E-state index in [1.54, 1.807) is 31.2 Å². The number of carbonyl (C=O) groups excluding carboxylic acids is 1. The number of carbonyl (C=O) groups is 1. The fourth-order valence-electron chi connectivity index (χ4n) is 5.33. The number of sulfonamides is 1. The van der Waals surface area contributed by atoms with E-state index in [2.05, 4.69) is 27.9 Å². The van der Waals surface area contributed by atoms with E-state index < -0.39 is 10.0 Å². The number of likely N-dealkylation sites (tertiary alicyclic amines) is 1. The Morgan fingerprint density at radius 2 is 1.76 bits per heavy atom. The van der Waals surface area contributed by atoms with Crippen LogP contribution >= 0.6 is 11.6 Å². The highest BCUT2D eigenvalue weighted by Gasteiger charge is 2.36. The van der Waals surface area contributed by atoms with Crippen LogP contribution in [-0.4, -0.2) is 38.2 Å². The molecule has 0 spiro atoms. The molecule has 5 rings (SSSR count). The highest BCUT2D eigenvalue weighted by Crippen LogP contribution is 2.35. The summed E-state index contributed by atoms with van der Waals surface area (Å²) in [6.07, 6.45) is 4.45. The first-order valence-electron chi connectivity index (χ1n) is 11.8. The maximum absolute atomic E-state index is 13.1. The van der Waals surface area contributed by atoms with E-state index in [1.807, 2.05) is 11.0 Å². The number of rotatable bonds is 3. The van der Waals surface area contributed by atoms with Gasteiger partial charge >= 0.3 is 0 Å². The second-order valence-corrected chi connectivity index (χ2v) is 11.2. The predicted octanol–water partition coefficient (Wildman–Crippen LogP) is 4.72. The number of aryl methyl sites for hydroxylation is 1. The summed E-state index contributed by atoms with van der Waals surface area (Å²) >= 11 is 5.97. The number of amidine groups is 1. The Balaban J connectivity index is 1.26. The maximum atomic E-state index is 13.1. The fraction of sp³-hybridized carbons (Fsp3) is 0.385. The lowest BCUT2D eigenvalue weighted by Crippen LogP contribution is -2.44. The van der Waals surface area contributed by atoms with Gasteiger partial charge in [-0.3, -0.25) is 4.79 Å². The lowest BCUT2D eigenvalue weighted by molar-refractivity contribution is -0.127. The van der Waals surface area contributed by atoms with Crippen LogP contribution in [0.15, 0.2) is 58.5 Å². The largest absolute Gasteiger partial charge is 0.356 e. The Labute approximate surface area is 205 Å². The summed E-state index contributed by atoms with van der Waals surface area (Å²) in [4.78, 5) is 15.3. The quantitative estimate of drug-likeness (QED) is 0.665. The van der Waals surface area contributed by atoms with Crippen molar-refractivity contribution >= 4 is 38.3 Å². The van der Waals surface area contributed by atoms with Crippen LogP contribution in [0.4, 0.5) is 0 Å². The Kier molecular flexibility index (Phi) is 6.25. The minimum absolute atomic E-state index is 0.0759. The van der Waals surface area contributed by atoms with E-state index in [-0.39, 0.29) is 22.8 Å². The first kappa shape index (κ1) is 23.1. The Bertz CT molecular complexity index is 1280. The third-order valence-electron chi connectivity index (χ3n) is 7.10. The molecule has 178 valence electrons. The average molecular weight is 498 g/mol. The number of halogens is 1. The van der Waals surface area contributed by atoms with Crippen LogP contribution in [-0.2, 0) is 21.2 Å². The van der Waals surface area contributed by atoms with Crippen molar-refractivity contribution in [2.75, 3.05) is 13.1 Å². The zero-order valence-corrected chi connectivity index (χ0v) is 20.7. The van der Waals surface area contributed by atoms with E-state index >= 15 is 0 Å². The van der Waals surface area contributed by atoms with Crippen LogP contribution < -0.4 is 5.32 Å². The van der Waals surface area contributed by atoms with Crippen molar-refractivity contribution in [3.05, 3.63) is 75.8 Å². The van der Waals surface area contributed by atoms with Gasteiger partial charge in [0.15, 0.2) is 0 Å². The van der Waals surface area contributed by atoms with Gasteiger partial charge in [-0.05, 0) is 67.9 Å². The van der Waals surface area contributed by atoms with Crippen LogP contribution in [0.5, 0.6) is 0 Å². The summed E-state index contributed by atoms with van der Waals surface area (Å²) in [5, 5.41) is 3.83. The molecular weight excluding hydrogens is 470 g/mol. The summed E-state index contributed by atoms with van der Waals surface area (Å²) < 4.78 is 29.8. The van der Waals surface area contributed by atoms with Gasteiger partial charge < -0.3 is 10.2 Å². The smallest absolute Gasteiger partial charge is 0.285 e. The maximum Gasteiger partial charge on any atom is 0.285 e. The second-order valence-electron chi connectivity index (χ2n) is 9.26. The minimum atomic E-state index is -3.77. The van der Waals surface area contributed by atoms with Crippen molar-refractivity contribution in [3.63, 3.8) is 0 Å². The highest BCUT2D eigenvalue weighted by atomic mass is 35.5. The molecule has 1 aliphatic carbocycles. The zero-order valence-electron chi connectivity index (χ0n) is 19.1. The topological polar surface area (TPSA) is 78.8 Å². The monoisotopic (exact) mass is 497 g/mol. The summed E-state index contributed by atoms with van der Waals surface area (Å²) in [5.41, 5.74) is 3.79. The molecule has 2 aromatic rings. The molecule has 0 aromatic heterocycles. The Morgan fingerprint density at radius 1 is 1.06 bits per heavy atom. The summed E-state index contributed by atoms with van der Waals surface area (Å²) in [7, 11) is -3.77. The van der Waals surface area contributed by atoms with Crippen molar-refractivity contribution < 1.29 is 13.2 Å². The fourth-order valence-corrected chi connectivity index (χ4v) is 6.94. The Hall–Kier alpha value is -2.64. The third kappa shape index (κ3) is 4.39. The van der Waals surface area contributed by atoms with Crippen molar-refractivity contribution in [3.8, 4) is 0 Å². The highest BCUT2D eigenvalue weighted by molar-refractivity contribution is 8.00. The molecule has 2 aliphatic heterocycles. The molecule has 0 saturated carbocycles. The van der Waals surface area contributed by atoms with Gasteiger partial charge in [0.2, 0.25) is 5.91 Å². The van der Waals surface area contributed by atoms with Gasteiger partial charge in [0.1, 0.15) is 10.7 Å². The number of hydrogen-bond acceptors (Lipinski definition) is 4. The third-order valence-corrected chi connectivity index (χ3v) is 8.82. The predicted molar refractivity (Wildman–Crippen MR) is 135 cm³/mol. The molecule has 1 atom stereocenters. The molecule has 34 heavy (non-hydrogen) atoms. The molecule has 1 fully saturated rings. The lowest BCUT2D eigenvalue weighted by Gasteiger charge is -2.34. The van der Waals surface area contributed by atoms with Crippen molar-refractivity contribution in [1.82, 2.24) is 10.2 Å². The van der Waals surface area contributed by atoms with Gasteiger partial charge in [0, 0.05) is 29.6 Å². The van der Waals surface area contributed by atoms with Crippen LogP contribution in [0, 0.1) is 5.92 Å². The summed E-state index contributed by atoms with van der Waals surface area (Å²) in [5.74, 6) is 0.505. The molecule has 0 radical (unpaired) electrons. The van der Waals surface area contributed by atoms with Gasteiger partial charge in [0.05, 0.1) is 6.04 Å². The van der Waals surface area contributed by atoms with Crippen LogP contribution in [0.3, 0.4) is 0 Å². The molecule has 8 heteroatoms. The second kappa shape index (κ2) is 9.19. The normalized spacial score (nSPS) is 22.4. The molecule has 1 amide bonds. The molecule has 0 unspecified atom stereocenters. The van der Waals surface area contributed by atoms with Gasteiger partial charge in [-0.1, -0.05) is 48.0 Å². The van der Waals surface area contributed by atoms with E-state index in [0.717, 1.165) is 19.3 Å². The van der Waals surface area contributed by atoms with E-state index in [4.69, 9.17) is 11.6 Å². The SMILES string of the molecule is CC1=C(c2ccc(Cl)cc2)S(=O)(=O)N=C1N1CCC(C(=O)N[C@H]2CCCc3ccccc32)CC1. The number of hydrogen-bond donors (Lipinski definition) is 1. The molecule has 3 aliphatic rings. The summed E-state index contributed by atoms with van der Waals surface area (Å²) in [6, 6.07) is 15.2. The van der Waals surface area contributed by atoms with Crippen molar-refractivity contribution in [2.24, 2.45) is 10.3 Å². The van der Waals surface area contributed by atoms with Gasteiger partial charge in [-0.25, -0.2) is 0 Å². The molecular formula is C26H28ClN3O3S. The average Bonchev–Trinajstić information content (AvgIpc) is 3.08. The Morgan fingerprint density at radius 3 is 2.50 bits per heavy atom. The van der Waals surface area contributed by atoms with Gasteiger partial charge in [-0.2, -0.15) is 8.42 Å². The van der Waals surface area contributed by atoms with Crippen molar-refractivity contribution in [2.45, 2.75) is 45.1 Å². The first-order valence-corrected chi connectivity index (χ1v) is 13.6. The van der Waals surface area contributed by atoms with Crippen LogP contribution in [0.1, 0.15) is 55.3 Å². The standard InChI is InChI=1S/C26H28ClN3O3S/c1-17-24(19-9-11-21(27)12-10-19)34(32,33)29-25(17)30-15-13-20(14-16-30)26(31)28-23-8-4-6-18-5-2-3-7-22(18)23/h2-3,5,7,9-12,20,23H,4,6,8,13-16H2,1H3,(H,28,31)/t23-/m0/s1. The van der Waals surface area contributed by atoms with Gasteiger partial charge in [0.25, 0.3) is 10.0 Å². The molecule has 1 saturated heterocycles. The number of nitrogens with one attached hydrogen (secondary N) is 1. The first-order chi connectivity index (χ1) is 16.3. The number of benzene rings is 2. The van der Waals surface area contributed by atoms with Crippen LogP contribution in [0.2, 0.25) is 5.02 Å². The van der Waals surface area contributed by atoms with Crippen molar-refractivity contribution in [1.29, 1.82) is 0 Å². The van der Waals surface area contributed by atoms with E-state index in [1.165, 1.54) is 11.1 Å². The molecule has 1 N–H and O–H groups in total. The number of amides is 1. The molecule has 0 bridgehead atoms. The van der Waals surface area contributed by atoms with E-state index in [0.29, 0.717) is 47.9 Å². The number of piperidine rings is 1.